The summed E-state index contributed by atoms with van der Waals surface area (Å²) >= 11 is 0. The van der Waals surface area contributed by atoms with E-state index in [0.29, 0.717) is 12.3 Å². The first-order valence-corrected chi connectivity index (χ1v) is 7.47. The summed E-state index contributed by atoms with van der Waals surface area (Å²) in [4.78, 5) is 15.5. The molecule has 3 rings (SSSR count). The van der Waals surface area contributed by atoms with E-state index in [1.807, 2.05) is 60.7 Å². The number of Topliss-reactive ketones (excluding diaryl/α,β-unsaturated/α-hetero) is 1. The molecule has 3 nitrogen and oxygen atoms in total. The number of ketones is 1. The van der Waals surface area contributed by atoms with Crippen molar-refractivity contribution < 1.29 is 9.53 Å². The Hall–Kier alpha value is -2.94. The maximum atomic E-state index is 11.3. The zero-order chi connectivity index (χ0) is 16.1. The van der Waals surface area contributed by atoms with Crippen LogP contribution in [0.15, 0.2) is 72.9 Å². The summed E-state index contributed by atoms with van der Waals surface area (Å²) in [7, 11) is 0. The van der Waals surface area contributed by atoms with Crippen LogP contribution < -0.4 is 4.74 Å². The molecule has 114 valence electrons. The van der Waals surface area contributed by atoms with Crippen molar-refractivity contribution in [3.05, 3.63) is 84.2 Å². The molecule has 1 aromatic heterocycles. The lowest BCUT2D eigenvalue weighted by Crippen LogP contribution is -1.98. The van der Waals surface area contributed by atoms with Crippen LogP contribution in [-0.2, 0) is 6.61 Å². The molecule has 0 atom stereocenters. The average Bonchev–Trinajstić information content (AvgIpc) is 2.61. The second kappa shape index (κ2) is 6.88. The number of para-hydroxylation sites is 1. The number of carbonyl (C=O) groups is 1. The van der Waals surface area contributed by atoms with E-state index < -0.39 is 0 Å². The molecule has 0 fully saturated rings. The molecule has 1 heterocycles. The smallest absolute Gasteiger partial charge is 0.178 e. The van der Waals surface area contributed by atoms with Crippen LogP contribution in [0.3, 0.4) is 0 Å². The van der Waals surface area contributed by atoms with Gasteiger partial charge in [-0.2, -0.15) is 0 Å². The third-order valence-corrected chi connectivity index (χ3v) is 3.56. The minimum atomic E-state index is -0.0369. The zero-order valence-corrected chi connectivity index (χ0v) is 12.9. The first-order valence-electron chi connectivity index (χ1n) is 7.47. The van der Waals surface area contributed by atoms with E-state index in [1.54, 1.807) is 12.3 Å². The van der Waals surface area contributed by atoms with Gasteiger partial charge in [0.25, 0.3) is 0 Å². The van der Waals surface area contributed by atoms with E-state index in [1.165, 1.54) is 6.92 Å². The van der Waals surface area contributed by atoms with Crippen molar-refractivity contribution in [1.29, 1.82) is 0 Å². The normalized spacial score (nSPS) is 10.3. The van der Waals surface area contributed by atoms with Crippen LogP contribution in [-0.4, -0.2) is 10.8 Å². The number of hydrogen-bond donors (Lipinski definition) is 0. The van der Waals surface area contributed by atoms with Gasteiger partial charge in [0.1, 0.15) is 18.1 Å². The lowest BCUT2D eigenvalue weighted by Gasteiger charge is -2.11. The Labute approximate surface area is 135 Å². The maximum Gasteiger partial charge on any atom is 0.178 e. The number of aromatic nitrogens is 1. The molecule has 3 aromatic rings. The van der Waals surface area contributed by atoms with Gasteiger partial charge in [0.05, 0.1) is 0 Å². The van der Waals surface area contributed by atoms with Crippen molar-refractivity contribution in [2.75, 3.05) is 0 Å². The highest BCUT2D eigenvalue weighted by Crippen LogP contribution is 2.30. The summed E-state index contributed by atoms with van der Waals surface area (Å²) in [6.07, 6.45) is 1.71. The molecule has 0 unspecified atom stereocenters. The molecule has 0 spiro atoms. The Bertz CT molecular complexity index is 795. The molecule has 0 aliphatic carbocycles. The highest BCUT2D eigenvalue weighted by Gasteiger charge is 2.08. The van der Waals surface area contributed by atoms with E-state index in [4.69, 9.17) is 4.74 Å². The number of pyridine rings is 1. The number of carbonyl (C=O) groups excluding carboxylic acids is 1. The lowest BCUT2D eigenvalue weighted by atomic mass is 10.1. The van der Waals surface area contributed by atoms with Crippen molar-refractivity contribution in [1.82, 2.24) is 4.98 Å². The van der Waals surface area contributed by atoms with Crippen molar-refractivity contribution in [2.45, 2.75) is 13.5 Å². The molecule has 23 heavy (non-hydrogen) atoms. The largest absolute Gasteiger partial charge is 0.488 e. The van der Waals surface area contributed by atoms with Crippen LogP contribution in [0.5, 0.6) is 5.75 Å². The molecule has 0 radical (unpaired) electrons. The summed E-state index contributed by atoms with van der Waals surface area (Å²) in [5.41, 5.74) is 3.48. The van der Waals surface area contributed by atoms with Gasteiger partial charge in [0.15, 0.2) is 5.78 Å². The van der Waals surface area contributed by atoms with Gasteiger partial charge >= 0.3 is 0 Å². The van der Waals surface area contributed by atoms with Gasteiger partial charge < -0.3 is 4.74 Å². The molecule has 0 aliphatic heterocycles. The molecular weight excluding hydrogens is 286 g/mol. The molecule has 3 heteroatoms. The SMILES string of the molecule is CC(=O)c1ccc(-c2ccccc2OCc2ccccc2)cn1. The third-order valence-electron chi connectivity index (χ3n) is 3.56. The Kier molecular flexibility index (Phi) is 4.48. The molecule has 0 bridgehead atoms. The lowest BCUT2D eigenvalue weighted by molar-refractivity contribution is 0.101. The number of hydrogen-bond acceptors (Lipinski definition) is 3. The maximum absolute atomic E-state index is 11.3. The fourth-order valence-electron chi connectivity index (χ4n) is 2.33. The molecule has 0 aliphatic rings. The minimum absolute atomic E-state index is 0.0369. The van der Waals surface area contributed by atoms with E-state index in [0.717, 1.165) is 22.4 Å². The number of benzene rings is 2. The van der Waals surface area contributed by atoms with Crippen LogP contribution >= 0.6 is 0 Å². The fraction of sp³-hybridized carbons (Fsp3) is 0.100. The Morgan fingerprint density at radius 1 is 0.957 bits per heavy atom. The summed E-state index contributed by atoms with van der Waals surface area (Å²) in [6.45, 7) is 2.02. The molecule has 0 saturated heterocycles. The van der Waals surface area contributed by atoms with Gasteiger partial charge in [-0.3, -0.25) is 9.78 Å². The van der Waals surface area contributed by atoms with E-state index in [9.17, 15) is 4.79 Å². The zero-order valence-electron chi connectivity index (χ0n) is 12.9. The van der Waals surface area contributed by atoms with Crippen molar-refractivity contribution in [3.8, 4) is 16.9 Å². The Morgan fingerprint density at radius 2 is 1.70 bits per heavy atom. The summed E-state index contributed by atoms with van der Waals surface area (Å²) < 4.78 is 5.96. The van der Waals surface area contributed by atoms with E-state index in [-0.39, 0.29) is 5.78 Å². The fourth-order valence-corrected chi connectivity index (χ4v) is 2.33. The highest BCUT2D eigenvalue weighted by atomic mass is 16.5. The highest BCUT2D eigenvalue weighted by molar-refractivity contribution is 5.92. The first-order chi connectivity index (χ1) is 11.2. The van der Waals surface area contributed by atoms with Gasteiger partial charge in [-0.05, 0) is 17.7 Å². The Balaban J connectivity index is 1.84. The van der Waals surface area contributed by atoms with Gasteiger partial charge in [-0.15, -0.1) is 0 Å². The standard InChI is InChI=1S/C20H17NO2/c1-15(22)19-12-11-17(13-21-19)18-9-5-6-10-20(18)23-14-16-7-3-2-4-8-16/h2-13H,14H2,1H3. The van der Waals surface area contributed by atoms with Crippen LogP contribution in [0.1, 0.15) is 23.0 Å². The molecule has 0 amide bonds. The molecule has 0 N–H and O–H groups in total. The number of nitrogens with zero attached hydrogens (tertiary/aromatic N) is 1. The van der Waals surface area contributed by atoms with Crippen LogP contribution in [0, 0.1) is 0 Å². The number of ether oxygens (including phenoxy) is 1. The van der Waals surface area contributed by atoms with E-state index >= 15 is 0 Å². The van der Waals surface area contributed by atoms with Gasteiger partial charge in [-0.25, -0.2) is 0 Å². The van der Waals surface area contributed by atoms with Gasteiger partial charge in [0, 0.05) is 24.2 Å². The molecular formula is C20H17NO2. The van der Waals surface area contributed by atoms with Crippen molar-refractivity contribution >= 4 is 5.78 Å². The summed E-state index contributed by atoms with van der Waals surface area (Å²) in [5, 5.41) is 0. The molecule has 2 aromatic carbocycles. The van der Waals surface area contributed by atoms with Gasteiger partial charge in [0.2, 0.25) is 0 Å². The average molecular weight is 303 g/mol. The topological polar surface area (TPSA) is 39.2 Å². The summed E-state index contributed by atoms with van der Waals surface area (Å²) in [5.74, 6) is 0.763. The van der Waals surface area contributed by atoms with Crippen molar-refractivity contribution in [2.24, 2.45) is 0 Å². The van der Waals surface area contributed by atoms with Crippen LogP contribution in [0.4, 0.5) is 0 Å². The third kappa shape index (κ3) is 3.64. The predicted octanol–water partition coefficient (Wildman–Crippen LogP) is 4.53. The minimum Gasteiger partial charge on any atom is -0.488 e. The van der Waals surface area contributed by atoms with Gasteiger partial charge in [-0.1, -0.05) is 54.6 Å². The van der Waals surface area contributed by atoms with E-state index in [2.05, 4.69) is 4.98 Å². The molecule has 0 saturated carbocycles. The van der Waals surface area contributed by atoms with Crippen LogP contribution in [0.2, 0.25) is 0 Å². The quantitative estimate of drug-likeness (QED) is 0.650. The second-order valence-corrected chi connectivity index (χ2v) is 5.26. The predicted molar refractivity (Wildman–Crippen MR) is 90.5 cm³/mol. The first kappa shape index (κ1) is 15.0. The van der Waals surface area contributed by atoms with Crippen molar-refractivity contribution in [3.63, 3.8) is 0 Å². The second-order valence-electron chi connectivity index (χ2n) is 5.26. The van der Waals surface area contributed by atoms with Crippen LogP contribution in [0.25, 0.3) is 11.1 Å². The number of rotatable bonds is 5. The Morgan fingerprint density at radius 3 is 2.39 bits per heavy atom. The summed E-state index contributed by atoms with van der Waals surface area (Å²) in [6, 6.07) is 21.5. The monoisotopic (exact) mass is 303 g/mol.